The molecule has 3 aromatic rings. The first-order chi connectivity index (χ1) is 17.9. The Morgan fingerprint density at radius 2 is 1.78 bits per heavy atom. The van der Waals surface area contributed by atoms with Crippen LogP contribution in [-0.2, 0) is 16.1 Å². The maximum atomic E-state index is 13.4. The Morgan fingerprint density at radius 3 is 2.51 bits per heavy atom. The first-order valence-electron chi connectivity index (χ1n) is 12.0. The number of ketones is 1. The van der Waals surface area contributed by atoms with Crippen LogP contribution in [0.4, 0.5) is 5.69 Å². The van der Waals surface area contributed by atoms with Crippen LogP contribution in [0.25, 0.3) is 5.76 Å². The lowest BCUT2D eigenvalue weighted by Crippen LogP contribution is -2.29. The zero-order valence-electron chi connectivity index (χ0n) is 20.9. The molecule has 3 aromatic carbocycles. The molecule has 1 amide bonds. The highest BCUT2D eigenvalue weighted by molar-refractivity contribution is 6.46. The summed E-state index contributed by atoms with van der Waals surface area (Å²) in [6.45, 7) is 2.62. The topological polar surface area (TPSA) is 88.5 Å². The highest BCUT2D eigenvalue weighted by atomic mass is 16.7. The van der Waals surface area contributed by atoms with Gasteiger partial charge in [-0.1, -0.05) is 30.3 Å². The minimum absolute atomic E-state index is 0.0389. The predicted octanol–water partition coefficient (Wildman–Crippen LogP) is 4.50. The minimum Gasteiger partial charge on any atom is -0.507 e. The quantitative estimate of drug-likeness (QED) is 0.290. The Balaban J connectivity index is 1.60. The van der Waals surface area contributed by atoms with Gasteiger partial charge in [-0.05, 0) is 54.4 Å². The number of likely N-dealkylation sites (tertiary alicyclic amines) is 1. The molecule has 2 heterocycles. The molecule has 0 bridgehead atoms. The van der Waals surface area contributed by atoms with E-state index >= 15 is 0 Å². The van der Waals surface area contributed by atoms with Crippen LogP contribution in [0.15, 0.2) is 72.3 Å². The van der Waals surface area contributed by atoms with Crippen molar-refractivity contribution < 1.29 is 28.9 Å². The van der Waals surface area contributed by atoms with Crippen LogP contribution in [0.2, 0.25) is 0 Å². The molecule has 0 spiro atoms. The van der Waals surface area contributed by atoms with Gasteiger partial charge in [0, 0.05) is 31.9 Å². The van der Waals surface area contributed by atoms with Crippen molar-refractivity contribution in [1.29, 1.82) is 0 Å². The fourth-order valence-corrected chi connectivity index (χ4v) is 4.64. The molecule has 1 N–H and O–H groups in total. The van der Waals surface area contributed by atoms with E-state index in [9.17, 15) is 14.7 Å². The van der Waals surface area contributed by atoms with Gasteiger partial charge in [-0.2, -0.15) is 0 Å². The molecule has 1 unspecified atom stereocenters. The van der Waals surface area contributed by atoms with E-state index in [1.807, 2.05) is 56.3 Å². The highest BCUT2D eigenvalue weighted by Gasteiger charge is 2.46. The molecule has 1 atom stereocenters. The average Bonchev–Trinajstić information content (AvgIpc) is 3.47. The van der Waals surface area contributed by atoms with Gasteiger partial charge in [0.1, 0.15) is 11.5 Å². The molecule has 8 nitrogen and oxygen atoms in total. The fraction of sp³-hybridized carbons (Fsp3) is 0.241. The normalized spacial score (nSPS) is 17.8. The first-order valence-corrected chi connectivity index (χ1v) is 12.0. The third kappa shape index (κ3) is 4.58. The number of carbonyl (C=O) groups excluding carboxylic acids is 2. The fourth-order valence-electron chi connectivity index (χ4n) is 4.64. The van der Waals surface area contributed by atoms with Crippen molar-refractivity contribution in [3.05, 3.63) is 89.0 Å². The van der Waals surface area contributed by atoms with E-state index in [0.29, 0.717) is 35.0 Å². The number of aliphatic hydroxyl groups excluding tert-OH is 1. The Bertz CT molecular complexity index is 1380. The van der Waals surface area contributed by atoms with Crippen molar-refractivity contribution in [2.24, 2.45) is 0 Å². The number of ether oxygens (including phenoxy) is 3. The molecule has 1 fully saturated rings. The number of hydrogen-bond donors (Lipinski definition) is 1. The number of benzene rings is 3. The summed E-state index contributed by atoms with van der Waals surface area (Å²) in [5.74, 6) is 0.135. The summed E-state index contributed by atoms with van der Waals surface area (Å²) in [6.07, 6.45) is 0. The van der Waals surface area contributed by atoms with E-state index in [0.717, 1.165) is 11.3 Å². The van der Waals surface area contributed by atoms with Crippen LogP contribution >= 0.6 is 0 Å². The molecular formula is C29H28N2O6. The third-order valence-corrected chi connectivity index (χ3v) is 6.47. The van der Waals surface area contributed by atoms with Gasteiger partial charge in [0.2, 0.25) is 6.79 Å². The Labute approximate surface area is 215 Å². The maximum absolute atomic E-state index is 13.4. The number of rotatable bonds is 7. The monoisotopic (exact) mass is 500 g/mol. The summed E-state index contributed by atoms with van der Waals surface area (Å²) < 4.78 is 16.5. The molecule has 0 aromatic heterocycles. The zero-order chi connectivity index (χ0) is 26.1. The van der Waals surface area contributed by atoms with Crippen LogP contribution in [-0.4, -0.2) is 49.2 Å². The lowest BCUT2D eigenvalue weighted by Gasteiger charge is -2.26. The van der Waals surface area contributed by atoms with Crippen LogP contribution in [0, 0.1) is 0 Å². The highest BCUT2D eigenvalue weighted by Crippen LogP contribution is 2.42. The summed E-state index contributed by atoms with van der Waals surface area (Å²) in [7, 11) is 3.87. The lowest BCUT2D eigenvalue weighted by atomic mass is 9.95. The smallest absolute Gasteiger partial charge is 0.295 e. The predicted molar refractivity (Wildman–Crippen MR) is 139 cm³/mol. The number of hydrogen-bond acceptors (Lipinski definition) is 7. The molecule has 2 aliphatic heterocycles. The standard InChI is InChI=1S/C29H28N2O6/c1-4-35-22-7-5-6-20(15-22)27(32)25-26(19-9-11-21(12-10-19)30(2)3)31(29(34)28(25)33)16-18-8-13-23-24(14-18)37-17-36-23/h5-15,26,32H,4,16-17H2,1-3H3/b27-25+. The summed E-state index contributed by atoms with van der Waals surface area (Å²) in [4.78, 5) is 30.2. The van der Waals surface area contributed by atoms with Gasteiger partial charge in [-0.25, -0.2) is 0 Å². The van der Waals surface area contributed by atoms with E-state index in [1.165, 1.54) is 4.90 Å². The number of nitrogens with zero attached hydrogens (tertiary/aromatic N) is 2. The SMILES string of the molecule is CCOc1cccc(/C(O)=C2\C(=O)C(=O)N(Cc3ccc4c(c3)OCO4)C2c2ccc(N(C)C)cc2)c1. The number of anilines is 1. The van der Waals surface area contributed by atoms with E-state index < -0.39 is 17.7 Å². The van der Waals surface area contributed by atoms with Crippen molar-refractivity contribution in [2.45, 2.75) is 19.5 Å². The largest absolute Gasteiger partial charge is 0.507 e. The van der Waals surface area contributed by atoms with Gasteiger partial charge < -0.3 is 29.1 Å². The molecule has 0 aliphatic carbocycles. The second-order valence-electron chi connectivity index (χ2n) is 9.06. The summed E-state index contributed by atoms with van der Waals surface area (Å²) in [5, 5.41) is 11.4. The minimum atomic E-state index is -0.780. The third-order valence-electron chi connectivity index (χ3n) is 6.47. The van der Waals surface area contributed by atoms with E-state index in [4.69, 9.17) is 14.2 Å². The number of carbonyl (C=O) groups is 2. The average molecular weight is 501 g/mol. The van der Waals surface area contributed by atoms with E-state index in [-0.39, 0.29) is 24.7 Å². The van der Waals surface area contributed by atoms with Crippen molar-refractivity contribution in [3.63, 3.8) is 0 Å². The molecule has 8 heteroatoms. The molecule has 0 radical (unpaired) electrons. The maximum Gasteiger partial charge on any atom is 0.295 e. The van der Waals surface area contributed by atoms with Crippen molar-refractivity contribution in [1.82, 2.24) is 4.90 Å². The Morgan fingerprint density at radius 1 is 1.03 bits per heavy atom. The van der Waals surface area contributed by atoms with Gasteiger partial charge in [0.25, 0.3) is 11.7 Å². The van der Waals surface area contributed by atoms with Gasteiger partial charge in [-0.3, -0.25) is 9.59 Å². The van der Waals surface area contributed by atoms with Crippen LogP contribution in [0.5, 0.6) is 17.2 Å². The number of aliphatic hydroxyl groups is 1. The second kappa shape index (κ2) is 9.89. The molecule has 190 valence electrons. The number of fused-ring (bicyclic) bond motifs is 1. The lowest BCUT2D eigenvalue weighted by molar-refractivity contribution is -0.140. The van der Waals surface area contributed by atoms with Crippen molar-refractivity contribution in [2.75, 3.05) is 32.4 Å². The molecular weight excluding hydrogens is 472 g/mol. The van der Waals surface area contributed by atoms with Crippen molar-refractivity contribution >= 4 is 23.1 Å². The van der Waals surface area contributed by atoms with Gasteiger partial charge >= 0.3 is 0 Å². The summed E-state index contributed by atoms with van der Waals surface area (Å²) in [6, 6.07) is 19.1. The summed E-state index contributed by atoms with van der Waals surface area (Å²) in [5.41, 5.74) is 2.91. The molecule has 2 aliphatic rings. The zero-order valence-corrected chi connectivity index (χ0v) is 20.9. The van der Waals surface area contributed by atoms with Crippen LogP contribution in [0.1, 0.15) is 29.7 Å². The molecule has 37 heavy (non-hydrogen) atoms. The van der Waals surface area contributed by atoms with E-state index in [2.05, 4.69) is 0 Å². The second-order valence-corrected chi connectivity index (χ2v) is 9.06. The number of amides is 1. The van der Waals surface area contributed by atoms with Gasteiger partial charge in [0.15, 0.2) is 11.5 Å². The van der Waals surface area contributed by atoms with Gasteiger partial charge in [0.05, 0.1) is 18.2 Å². The van der Waals surface area contributed by atoms with Gasteiger partial charge in [-0.15, -0.1) is 0 Å². The Hall–Kier alpha value is -4.46. The van der Waals surface area contributed by atoms with Crippen LogP contribution < -0.4 is 19.1 Å². The molecule has 1 saturated heterocycles. The Kier molecular flexibility index (Phi) is 6.48. The van der Waals surface area contributed by atoms with Crippen molar-refractivity contribution in [3.8, 4) is 17.2 Å². The first kappa shape index (κ1) is 24.2. The number of Topliss-reactive ketones (excluding diaryl/α,β-unsaturated/α-hetero) is 1. The molecule has 0 saturated carbocycles. The molecule has 5 rings (SSSR count). The summed E-state index contributed by atoms with van der Waals surface area (Å²) >= 11 is 0. The van der Waals surface area contributed by atoms with Crippen LogP contribution in [0.3, 0.4) is 0 Å². The van der Waals surface area contributed by atoms with E-state index in [1.54, 1.807) is 36.4 Å².